The van der Waals surface area contributed by atoms with Crippen LogP contribution in [0.15, 0.2) is 58.7 Å². The standard InChI is InChI=1S/C17H19N3OS/c1-2-13-8-9-16(21)15(10-13)11-19-20-17(18)22-12-14-6-4-3-5-7-14/h3-11,21H,2,12H2,1H3,(H2,18,20). The molecule has 2 aromatic rings. The van der Waals surface area contributed by atoms with Gasteiger partial charge in [-0.2, -0.15) is 5.10 Å². The fraction of sp³-hybridized carbons (Fsp3) is 0.176. The number of amidine groups is 1. The molecule has 0 amide bonds. The molecule has 0 radical (unpaired) electrons. The Morgan fingerprint density at radius 1 is 1.18 bits per heavy atom. The Morgan fingerprint density at radius 2 is 1.95 bits per heavy atom. The number of nitrogens with two attached hydrogens (primary N) is 1. The second kappa shape index (κ2) is 8.24. The maximum absolute atomic E-state index is 9.77. The van der Waals surface area contributed by atoms with Gasteiger partial charge in [-0.05, 0) is 29.7 Å². The molecule has 0 unspecified atom stereocenters. The van der Waals surface area contributed by atoms with Gasteiger partial charge in [0.15, 0.2) is 5.17 Å². The Hall–Kier alpha value is -2.27. The number of hydrogen-bond acceptors (Lipinski definition) is 4. The number of rotatable bonds is 5. The molecule has 0 aromatic heterocycles. The van der Waals surface area contributed by atoms with Crippen LogP contribution >= 0.6 is 11.8 Å². The molecule has 22 heavy (non-hydrogen) atoms. The molecular formula is C17H19N3OS. The molecule has 0 heterocycles. The summed E-state index contributed by atoms with van der Waals surface area (Å²) in [6.45, 7) is 2.06. The van der Waals surface area contributed by atoms with Crippen LogP contribution in [0, 0.1) is 0 Å². The molecule has 3 N–H and O–H groups in total. The zero-order valence-corrected chi connectivity index (χ0v) is 13.3. The molecule has 2 rings (SSSR count). The SMILES string of the molecule is CCc1ccc(O)c(C=NN=C(N)SCc2ccccc2)c1. The number of nitrogens with zero attached hydrogens (tertiary/aromatic N) is 2. The minimum absolute atomic E-state index is 0.187. The van der Waals surface area contributed by atoms with E-state index in [2.05, 4.69) is 17.1 Å². The number of hydrogen-bond donors (Lipinski definition) is 2. The molecular weight excluding hydrogens is 294 g/mol. The number of phenols is 1. The van der Waals surface area contributed by atoms with E-state index in [9.17, 15) is 5.11 Å². The lowest BCUT2D eigenvalue weighted by Crippen LogP contribution is -2.06. The average Bonchev–Trinajstić information content (AvgIpc) is 2.55. The van der Waals surface area contributed by atoms with Crippen molar-refractivity contribution < 1.29 is 5.11 Å². The van der Waals surface area contributed by atoms with Crippen LogP contribution in [-0.4, -0.2) is 16.5 Å². The quantitative estimate of drug-likeness (QED) is 0.504. The third-order valence-electron chi connectivity index (χ3n) is 3.08. The van der Waals surface area contributed by atoms with Gasteiger partial charge < -0.3 is 10.8 Å². The first-order chi connectivity index (χ1) is 10.7. The van der Waals surface area contributed by atoms with E-state index in [4.69, 9.17) is 5.73 Å². The van der Waals surface area contributed by atoms with E-state index in [1.807, 2.05) is 42.5 Å². The van der Waals surface area contributed by atoms with Crippen LogP contribution in [0.3, 0.4) is 0 Å². The molecule has 114 valence electrons. The van der Waals surface area contributed by atoms with Gasteiger partial charge in [0.25, 0.3) is 0 Å². The molecule has 2 aromatic carbocycles. The van der Waals surface area contributed by atoms with Crippen molar-refractivity contribution in [2.45, 2.75) is 19.1 Å². The highest BCUT2D eigenvalue weighted by molar-refractivity contribution is 8.13. The topological polar surface area (TPSA) is 71.0 Å². The largest absolute Gasteiger partial charge is 0.507 e. The summed E-state index contributed by atoms with van der Waals surface area (Å²) in [7, 11) is 0. The van der Waals surface area contributed by atoms with Gasteiger partial charge in [-0.1, -0.05) is 55.1 Å². The van der Waals surface area contributed by atoms with E-state index in [1.54, 1.807) is 6.07 Å². The lowest BCUT2D eigenvalue weighted by atomic mass is 10.1. The third-order valence-corrected chi connectivity index (χ3v) is 3.94. The Balaban J connectivity index is 1.95. The predicted molar refractivity (Wildman–Crippen MR) is 94.4 cm³/mol. The van der Waals surface area contributed by atoms with Gasteiger partial charge in [-0.15, -0.1) is 5.10 Å². The normalized spacial score (nSPS) is 12.0. The number of aryl methyl sites for hydroxylation is 1. The third kappa shape index (κ3) is 4.93. The highest BCUT2D eigenvalue weighted by atomic mass is 32.2. The Morgan fingerprint density at radius 3 is 2.68 bits per heavy atom. The monoisotopic (exact) mass is 313 g/mol. The van der Waals surface area contributed by atoms with Crippen molar-refractivity contribution in [2.75, 3.05) is 0 Å². The van der Waals surface area contributed by atoms with Crippen LogP contribution in [0.5, 0.6) is 5.75 Å². The van der Waals surface area contributed by atoms with Crippen LogP contribution in [0.4, 0.5) is 0 Å². The van der Waals surface area contributed by atoms with Crippen molar-refractivity contribution in [2.24, 2.45) is 15.9 Å². The van der Waals surface area contributed by atoms with Crippen molar-refractivity contribution in [1.82, 2.24) is 0 Å². The number of phenolic OH excluding ortho intramolecular Hbond substituents is 1. The molecule has 5 heteroatoms. The lowest BCUT2D eigenvalue weighted by Gasteiger charge is -2.01. The van der Waals surface area contributed by atoms with Crippen molar-refractivity contribution in [3.05, 3.63) is 65.2 Å². The van der Waals surface area contributed by atoms with E-state index in [0.29, 0.717) is 10.7 Å². The molecule has 4 nitrogen and oxygen atoms in total. The molecule has 0 spiro atoms. The fourth-order valence-corrected chi connectivity index (χ4v) is 2.45. The van der Waals surface area contributed by atoms with E-state index in [-0.39, 0.29) is 5.75 Å². The van der Waals surface area contributed by atoms with E-state index in [0.717, 1.165) is 17.7 Å². The van der Waals surface area contributed by atoms with Gasteiger partial charge in [0.1, 0.15) is 5.75 Å². The zero-order chi connectivity index (χ0) is 15.8. The molecule has 0 aliphatic heterocycles. The summed E-state index contributed by atoms with van der Waals surface area (Å²) >= 11 is 1.43. The highest BCUT2D eigenvalue weighted by Gasteiger charge is 1.99. The van der Waals surface area contributed by atoms with Crippen LogP contribution in [0.2, 0.25) is 0 Å². The smallest absolute Gasteiger partial charge is 0.180 e. The van der Waals surface area contributed by atoms with Crippen molar-refractivity contribution in [3.8, 4) is 5.75 Å². The number of benzene rings is 2. The Bertz CT molecular complexity index is 669. The minimum atomic E-state index is 0.187. The maximum Gasteiger partial charge on any atom is 0.180 e. The zero-order valence-electron chi connectivity index (χ0n) is 12.4. The summed E-state index contributed by atoms with van der Waals surface area (Å²) in [6.07, 6.45) is 2.42. The van der Waals surface area contributed by atoms with Gasteiger partial charge in [0.05, 0.1) is 6.21 Å². The number of aromatic hydroxyl groups is 1. The van der Waals surface area contributed by atoms with Gasteiger partial charge >= 0.3 is 0 Å². The van der Waals surface area contributed by atoms with Crippen molar-refractivity contribution in [3.63, 3.8) is 0 Å². The summed E-state index contributed by atoms with van der Waals surface area (Å²) < 4.78 is 0. The van der Waals surface area contributed by atoms with Crippen molar-refractivity contribution in [1.29, 1.82) is 0 Å². The first-order valence-electron chi connectivity index (χ1n) is 7.04. The summed E-state index contributed by atoms with van der Waals surface area (Å²) in [5, 5.41) is 18.1. The molecule has 0 saturated heterocycles. The molecule has 0 aliphatic rings. The van der Waals surface area contributed by atoms with Crippen LogP contribution in [0.25, 0.3) is 0 Å². The van der Waals surface area contributed by atoms with Crippen LogP contribution in [0.1, 0.15) is 23.6 Å². The Kier molecular flexibility index (Phi) is 6.03. The Labute approximate surface area is 134 Å². The summed E-state index contributed by atoms with van der Waals surface area (Å²) in [6, 6.07) is 15.5. The van der Waals surface area contributed by atoms with Gasteiger partial charge in [-0.3, -0.25) is 0 Å². The second-order valence-corrected chi connectivity index (χ2v) is 5.70. The van der Waals surface area contributed by atoms with Gasteiger partial charge in [0, 0.05) is 11.3 Å². The van der Waals surface area contributed by atoms with Crippen LogP contribution < -0.4 is 5.73 Å². The maximum atomic E-state index is 9.77. The average molecular weight is 313 g/mol. The predicted octanol–water partition coefficient (Wildman–Crippen LogP) is 3.54. The van der Waals surface area contributed by atoms with E-state index in [1.165, 1.54) is 23.5 Å². The number of thioether (sulfide) groups is 1. The van der Waals surface area contributed by atoms with Crippen LogP contribution in [-0.2, 0) is 12.2 Å². The fourth-order valence-electron chi connectivity index (χ4n) is 1.84. The second-order valence-electron chi connectivity index (χ2n) is 4.70. The summed E-state index contributed by atoms with van der Waals surface area (Å²) in [4.78, 5) is 0. The van der Waals surface area contributed by atoms with E-state index >= 15 is 0 Å². The van der Waals surface area contributed by atoms with Gasteiger partial charge in [-0.25, -0.2) is 0 Å². The summed E-state index contributed by atoms with van der Waals surface area (Å²) in [5.41, 5.74) is 8.78. The molecule has 0 fully saturated rings. The molecule has 0 atom stereocenters. The van der Waals surface area contributed by atoms with Crippen molar-refractivity contribution >= 4 is 23.1 Å². The lowest BCUT2D eigenvalue weighted by molar-refractivity contribution is 0.474. The summed E-state index contributed by atoms with van der Waals surface area (Å²) in [5.74, 6) is 0.939. The molecule has 0 bridgehead atoms. The highest BCUT2D eigenvalue weighted by Crippen LogP contribution is 2.17. The molecule has 0 aliphatic carbocycles. The first-order valence-corrected chi connectivity index (χ1v) is 8.02. The van der Waals surface area contributed by atoms with Gasteiger partial charge in [0.2, 0.25) is 0 Å². The minimum Gasteiger partial charge on any atom is -0.507 e. The van der Waals surface area contributed by atoms with E-state index < -0.39 is 0 Å². The molecule has 0 saturated carbocycles. The first kappa shape index (κ1) is 16.1.